The second kappa shape index (κ2) is 5.91. The number of rotatable bonds is 3. The van der Waals surface area contributed by atoms with Crippen molar-refractivity contribution < 1.29 is 9.53 Å². The third-order valence-electron chi connectivity index (χ3n) is 2.16. The van der Waals surface area contributed by atoms with Crippen LogP contribution in [0, 0.1) is 0 Å². The summed E-state index contributed by atoms with van der Waals surface area (Å²) in [7, 11) is 0. The van der Waals surface area contributed by atoms with E-state index in [2.05, 4.69) is 0 Å². The number of hydrogen-bond acceptors (Lipinski definition) is 3. The van der Waals surface area contributed by atoms with Gasteiger partial charge in [-0.25, -0.2) is 0 Å². The van der Waals surface area contributed by atoms with Crippen molar-refractivity contribution in [1.82, 2.24) is 0 Å². The van der Waals surface area contributed by atoms with Gasteiger partial charge in [0.1, 0.15) is 11.6 Å². The molecule has 0 aliphatic rings. The van der Waals surface area contributed by atoms with Crippen LogP contribution in [-0.2, 0) is 16.0 Å². The zero-order valence-electron chi connectivity index (χ0n) is 10.7. The molecule has 0 aromatic heterocycles. The molecule has 1 unspecified atom stereocenters. The first-order valence-corrected chi connectivity index (χ1v) is 6.37. The molecule has 100 valence electrons. The third kappa shape index (κ3) is 4.84. The molecule has 0 saturated carbocycles. The zero-order chi connectivity index (χ0) is 13.9. The summed E-state index contributed by atoms with van der Waals surface area (Å²) in [5, 5.41) is 1.10. The molecule has 0 aliphatic heterocycles. The number of benzene rings is 1. The minimum atomic E-state index is -0.750. The van der Waals surface area contributed by atoms with Gasteiger partial charge < -0.3 is 10.5 Å². The Morgan fingerprint density at radius 3 is 2.56 bits per heavy atom. The first-order valence-electron chi connectivity index (χ1n) is 5.61. The highest BCUT2D eigenvalue weighted by molar-refractivity contribution is 6.33. The van der Waals surface area contributed by atoms with Crippen molar-refractivity contribution in [2.24, 2.45) is 5.73 Å². The minimum Gasteiger partial charge on any atom is -0.459 e. The van der Waals surface area contributed by atoms with Gasteiger partial charge in [-0.2, -0.15) is 0 Å². The summed E-state index contributed by atoms with van der Waals surface area (Å²) < 4.78 is 5.20. The van der Waals surface area contributed by atoms with Crippen molar-refractivity contribution in [3.8, 4) is 0 Å². The molecule has 0 aliphatic carbocycles. The summed E-state index contributed by atoms with van der Waals surface area (Å²) in [5.41, 5.74) is 5.99. The van der Waals surface area contributed by atoms with E-state index in [9.17, 15) is 4.79 Å². The van der Waals surface area contributed by atoms with Gasteiger partial charge in [-0.05, 0) is 51.0 Å². The molecule has 2 N–H and O–H groups in total. The number of hydrogen-bond donors (Lipinski definition) is 1. The van der Waals surface area contributed by atoms with E-state index in [4.69, 9.17) is 33.7 Å². The van der Waals surface area contributed by atoms with E-state index in [1.165, 1.54) is 0 Å². The highest BCUT2D eigenvalue weighted by Gasteiger charge is 2.23. The van der Waals surface area contributed by atoms with Crippen LogP contribution >= 0.6 is 23.2 Å². The third-order valence-corrected chi connectivity index (χ3v) is 2.76. The van der Waals surface area contributed by atoms with Gasteiger partial charge in [-0.1, -0.05) is 23.2 Å². The maximum Gasteiger partial charge on any atom is 0.323 e. The van der Waals surface area contributed by atoms with Gasteiger partial charge in [0.15, 0.2) is 0 Å². The number of esters is 1. The van der Waals surface area contributed by atoms with Crippen molar-refractivity contribution >= 4 is 29.2 Å². The number of ether oxygens (including phenoxy) is 1. The van der Waals surface area contributed by atoms with Crippen molar-refractivity contribution in [1.29, 1.82) is 0 Å². The molecule has 0 saturated heterocycles. The highest BCUT2D eigenvalue weighted by atomic mass is 35.5. The van der Waals surface area contributed by atoms with E-state index < -0.39 is 17.6 Å². The topological polar surface area (TPSA) is 52.3 Å². The lowest BCUT2D eigenvalue weighted by molar-refractivity contribution is -0.156. The van der Waals surface area contributed by atoms with Gasteiger partial charge in [0.2, 0.25) is 0 Å². The van der Waals surface area contributed by atoms with E-state index in [0.717, 1.165) is 5.56 Å². The summed E-state index contributed by atoms with van der Waals surface area (Å²) >= 11 is 11.9. The Kier molecular flexibility index (Phi) is 5.02. The molecule has 1 atom stereocenters. The van der Waals surface area contributed by atoms with Crippen LogP contribution in [0.5, 0.6) is 0 Å². The molecule has 0 spiro atoms. The Morgan fingerprint density at radius 1 is 1.39 bits per heavy atom. The SMILES string of the molecule is CC(C)(C)OC(=O)C(N)Cc1cc(Cl)ccc1Cl. The van der Waals surface area contributed by atoms with Gasteiger partial charge in [0, 0.05) is 10.0 Å². The normalized spacial score (nSPS) is 13.2. The average Bonchev–Trinajstić information content (AvgIpc) is 2.21. The van der Waals surface area contributed by atoms with E-state index in [1.807, 2.05) is 0 Å². The lowest BCUT2D eigenvalue weighted by Crippen LogP contribution is -2.38. The molecule has 1 rings (SSSR count). The Balaban J connectivity index is 2.72. The molecule has 1 aromatic carbocycles. The van der Waals surface area contributed by atoms with Crippen LogP contribution in [0.4, 0.5) is 0 Å². The molecular formula is C13H17Cl2NO2. The van der Waals surface area contributed by atoms with Gasteiger partial charge in [0.25, 0.3) is 0 Å². The molecule has 0 heterocycles. The van der Waals surface area contributed by atoms with Gasteiger partial charge >= 0.3 is 5.97 Å². The Bertz CT molecular complexity index is 441. The number of carbonyl (C=O) groups is 1. The largest absolute Gasteiger partial charge is 0.459 e. The molecule has 18 heavy (non-hydrogen) atoms. The Hall–Kier alpha value is -0.770. The lowest BCUT2D eigenvalue weighted by atomic mass is 10.1. The fourth-order valence-electron chi connectivity index (χ4n) is 1.40. The molecule has 5 heteroatoms. The van der Waals surface area contributed by atoms with Gasteiger partial charge in [0.05, 0.1) is 0 Å². The fourth-order valence-corrected chi connectivity index (χ4v) is 1.79. The van der Waals surface area contributed by atoms with E-state index in [0.29, 0.717) is 16.5 Å². The van der Waals surface area contributed by atoms with E-state index in [-0.39, 0.29) is 0 Å². The zero-order valence-corrected chi connectivity index (χ0v) is 12.2. The Labute approximate surface area is 117 Å². The van der Waals surface area contributed by atoms with Crippen LogP contribution in [0.25, 0.3) is 0 Å². The van der Waals surface area contributed by atoms with Crippen molar-refractivity contribution in [3.05, 3.63) is 33.8 Å². The lowest BCUT2D eigenvalue weighted by Gasteiger charge is -2.22. The van der Waals surface area contributed by atoms with Crippen LogP contribution in [0.15, 0.2) is 18.2 Å². The molecule has 0 amide bonds. The summed E-state index contributed by atoms with van der Waals surface area (Å²) in [6.45, 7) is 5.39. The maximum atomic E-state index is 11.7. The number of carbonyl (C=O) groups excluding carboxylic acids is 1. The quantitative estimate of drug-likeness (QED) is 0.870. The van der Waals surface area contributed by atoms with Crippen molar-refractivity contribution in [2.75, 3.05) is 0 Å². The van der Waals surface area contributed by atoms with Crippen molar-refractivity contribution in [3.63, 3.8) is 0 Å². The molecule has 1 aromatic rings. The monoisotopic (exact) mass is 289 g/mol. The maximum absolute atomic E-state index is 11.7. The summed E-state index contributed by atoms with van der Waals surface area (Å²) in [6, 6.07) is 4.32. The van der Waals surface area contributed by atoms with Crippen LogP contribution in [0.3, 0.4) is 0 Å². The standard InChI is InChI=1S/C13H17Cl2NO2/c1-13(2,3)18-12(17)11(16)7-8-6-9(14)4-5-10(8)15/h4-6,11H,7,16H2,1-3H3. The molecule has 0 radical (unpaired) electrons. The number of nitrogens with two attached hydrogens (primary N) is 1. The summed E-state index contributed by atoms with van der Waals surface area (Å²) in [4.78, 5) is 11.7. The van der Waals surface area contributed by atoms with E-state index in [1.54, 1.807) is 39.0 Å². The smallest absolute Gasteiger partial charge is 0.323 e. The second-order valence-electron chi connectivity index (χ2n) is 5.08. The predicted molar refractivity (Wildman–Crippen MR) is 74.0 cm³/mol. The summed E-state index contributed by atoms with van der Waals surface area (Å²) in [5.74, 6) is -0.446. The first kappa shape index (κ1) is 15.3. The van der Waals surface area contributed by atoms with Gasteiger partial charge in [-0.3, -0.25) is 4.79 Å². The second-order valence-corrected chi connectivity index (χ2v) is 5.92. The highest BCUT2D eigenvalue weighted by Crippen LogP contribution is 2.22. The molecule has 0 fully saturated rings. The first-order chi connectivity index (χ1) is 8.19. The van der Waals surface area contributed by atoms with Crippen LogP contribution in [0.1, 0.15) is 26.3 Å². The predicted octanol–water partition coefficient (Wildman–Crippen LogP) is 3.20. The van der Waals surface area contributed by atoms with E-state index >= 15 is 0 Å². The number of halogens is 2. The van der Waals surface area contributed by atoms with Crippen molar-refractivity contribution in [2.45, 2.75) is 38.8 Å². The average molecular weight is 290 g/mol. The fraction of sp³-hybridized carbons (Fsp3) is 0.462. The van der Waals surface area contributed by atoms with Crippen LogP contribution in [-0.4, -0.2) is 17.6 Å². The van der Waals surface area contributed by atoms with Crippen LogP contribution in [0.2, 0.25) is 10.0 Å². The summed E-state index contributed by atoms with van der Waals surface area (Å²) in [6.07, 6.45) is 0.300. The molecule has 0 bridgehead atoms. The molecule has 3 nitrogen and oxygen atoms in total. The Morgan fingerprint density at radius 2 is 2.00 bits per heavy atom. The minimum absolute atomic E-state index is 0.300. The van der Waals surface area contributed by atoms with Gasteiger partial charge in [-0.15, -0.1) is 0 Å². The molecular weight excluding hydrogens is 273 g/mol. The van der Waals surface area contributed by atoms with Crippen LogP contribution < -0.4 is 5.73 Å².